The Morgan fingerprint density at radius 1 is 1.47 bits per heavy atom. The molecule has 0 fully saturated rings. The summed E-state index contributed by atoms with van der Waals surface area (Å²) < 4.78 is 0. The molecule has 1 heterocycles. The van der Waals surface area contributed by atoms with E-state index in [1.165, 1.54) is 5.56 Å². The van der Waals surface area contributed by atoms with Crippen molar-refractivity contribution in [3.8, 4) is 0 Å². The van der Waals surface area contributed by atoms with Crippen LogP contribution in [-0.4, -0.2) is 30.1 Å². The molecule has 0 radical (unpaired) electrons. The first-order valence-corrected chi connectivity index (χ1v) is 5.17. The summed E-state index contributed by atoms with van der Waals surface area (Å²) in [5.41, 5.74) is 4.62. The fourth-order valence-electron chi connectivity index (χ4n) is 1.65. The van der Waals surface area contributed by atoms with Gasteiger partial charge in [-0.25, -0.2) is 10.3 Å². The Morgan fingerprint density at radius 2 is 2.29 bits per heavy atom. The van der Waals surface area contributed by atoms with E-state index >= 15 is 0 Å². The molecule has 1 aromatic carbocycles. The van der Waals surface area contributed by atoms with Gasteiger partial charge in [-0.05, 0) is 24.1 Å². The Hall–Kier alpha value is -2.08. The van der Waals surface area contributed by atoms with Crippen LogP contribution in [0.5, 0.6) is 0 Å². The van der Waals surface area contributed by atoms with Crippen LogP contribution in [0.25, 0.3) is 0 Å². The molecule has 3 N–H and O–H groups in total. The summed E-state index contributed by atoms with van der Waals surface area (Å²) in [7, 11) is 0. The van der Waals surface area contributed by atoms with Gasteiger partial charge in [-0.2, -0.15) is 0 Å². The molecule has 0 atom stereocenters. The minimum absolute atomic E-state index is 0.434. The molecular weight excluding hydrogens is 224 g/mol. The predicted octanol–water partition coefficient (Wildman–Crippen LogP) is 0.401. The number of carbonyl (C=O) groups excluding carboxylic acids is 1. The highest BCUT2D eigenvalue weighted by Gasteiger charge is 2.13. The summed E-state index contributed by atoms with van der Waals surface area (Å²) in [6.45, 7) is 0.310. The van der Waals surface area contributed by atoms with Crippen LogP contribution in [0.1, 0.15) is 15.9 Å². The van der Waals surface area contributed by atoms with Crippen LogP contribution < -0.4 is 10.8 Å². The zero-order valence-electron chi connectivity index (χ0n) is 9.03. The second-order valence-corrected chi connectivity index (χ2v) is 3.66. The summed E-state index contributed by atoms with van der Waals surface area (Å²) in [5, 5.41) is 11.5. The fraction of sp³-hybridized carbons (Fsp3) is 0.273. The smallest absolute Gasteiger partial charge is 0.332 e. The van der Waals surface area contributed by atoms with Gasteiger partial charge in [0.1, 0.15) is 0 Å². The van der Waals surface area contributed by atoms with E-state index in [2.05, 4.69) is 15.6 Å². The lowest BCUT2D eigenvalue weighted by atomic mass is 10.1. The van der Waals surface area contributed by atoms with E-state index in [4.69, 9.17) is 5.11 Å². The highest BCUT2D eigenvalue weighted by Crippen LogP contribution is 2.22. The molecule has 6 heteroatoms. The molecule has 0 bridgehead atoms. The van der Waals surface area contributed by atoms with E-state index in [0.717, 1.165) is 18.7 Å². The Kier molecular flexibility index (Phi) is 3.24. The number of hydrogen-bond acceptors (Lipinski definition) is 4. The second-order valence-electron chi connectivity index (χ2n) is 3.66. The van der Waals surface area contributed by atoms with Crippen molar-refractivity contribution in [2.24, 2.45) is 0 Å². The van der Waals surface area contributed by atoms with Crippen molar-refractivity contribution in [3.05, 3.63) is 29.3 Å². The molecule has 17 heavy (non-hydrogen) atoms. The van der Waals surface area contributed by atoms with Gasteiger partial charge in [0.25, 0.3) is 5.91 Å². The van der Waals surface area contributed by atoms with Crippen molar-refractivity contribution in [2.45, 2.75) is 6.42 Å². The Bertz CT molecular complexity index is 459. The topological polar surface area (TPSA) is 87.7 Å². The van der Waals surface area contributed by atoms with E-state index in [-0.39, 0.29) is 0 Å². The molecule has 6 nitrogen and oxygen atoms in total. The maximum Gasteiger partial charge on any atom is 0.332 e. The number of carbonyl (C=O) groups is 2. The number of carboxylic acids is 1. The van der Waals surface area contributed by atoms with Gasteiger partial charge in [0.15, 0.2) is 6.61 Å². The molecule has 0 aromatic heterocycles. The SMILES string of the molecule is O=C(O)CONC(=O)c1ccc2c(c1)NCC2. The number of anilines is 1. The molecule has 1 amide bonds. The minimum atomic E-state index is -1.14. The molecule has 2 rings (SSSR count). The Balaban J connectivity index is 1.97. The number of fused-ring (bicyclic) bond motifs is 1. The number of benzene rings is 1. The summed E-state index contributed by atoms with van der Waals surface area (Å²) >= 11 is 0. The zero-order valence-corrected chi connectivity index (χ0v) is 9.03. The summed E-state index contributed by atoms with van der Waals surface area (Å²) in [5.74, 6) is -1.59. The van der Waals surface area contributed by atoms with Crippen molar-refractivity contribution in [1.29, 1.82) is 0 Å². The number of rotatable bonds is 4. The van der Waals surface area contributed by atoms with Gasteiger partial charge in [-0.3, -0.25) is 9.63 Å². The summed E-state index contributed by atoms with van der Waals surface area (Å²) in [6.07, 6.45) is 0.951. The third-order valence-corrected chi connectivity index (χ3v) is 2.44. The number of carboxylic acid groups (broad SMARTS) is 1. The van der Waals surface area contributed by atoms with E-state index in [1.807, 2.05) is 6.07 Å². The molecule has 0 unspecified atom stereocenters. The Labute approximate surface area is 97.5 Å². The van der Waals surface area contributed by atoms with Crippen LogP contribution in [0.4, 0.5) is 5.69 Å². The lowest BCUT2D eigenvalue weighted by Crippen LogP contribution is -2.26. The van der Waals surface area contributed by atoms with Gasteiger partial charge in [0.05, 0.1) is 0 Å². The number of aliphatic carboxylic acids is 1. The largest absolute Gasteiger partial charge is 0.479 e. The average Bonchev–Trinajstić information content (AvgIpc) is 2.75. The maximum absolute atomic E-state index is 11.6. The second kappa shape index (κ2) is 4.84. The molecule has 1 aliphatic rings. The monoisotopic (exact) mass is 236 g/mol. The highest BCUT2D eigenvalue weighted by molar-refractivity contribution is 5.94. The van der Waals surface area contributed by atoms with Gasteiger partial charge in [0.2, 0.25) is 0 Å². The van der Waals surface area contributed by atoms with Crippen LogP contribution in [0.3, 0.4) is 0 Å². The number of hydroxylamine groups is 1. The quantitative estimate of drug-likeness (QED) is 0.659. The lowest BCUT2D eigenvalue weighted by molar-refractivity contribution is -0.144. The van der Waals surface area contributed by atoms with Crippen molar-refractivity contribution in [2.75, 3.05) is 18.5 Å². The molecule has 0 saturated heterocycles. The van der Waals surface area contributed by atoms with Gasteiger partial charge in [-0.1, -0.05) is 6.07 Å². The van der Waals surface area contributed by atoms with Crippen LogP contribution in [0.15, 0.2) is 18.2 Å². The molecule has 1 aliphatic heterocycles. The van der Waals surface area contributed by atoms with Crippen LogP contribution in [-0.2, 0) is 16.1 Å². The van der Waals surface area contributed by atoms with Gasteiger partial charge in [-0.15, -0.1) is 0 Å². The number of amides is 1. The van der Waals surface area contributed by atoms with Gasteiger partial charge < -0.3 is 10.4 Å². The summed E-state index contributed by atoms with van der Waals surface area (Å²) in [4.78, 5) is 26.3. The van der Waals surface area contributed by atoms with Crippen molar-refractivity contribution >= 4 is 17.6 Å². The average molecular weight is 236 g/mol. The maximum atomic E-state index is 11.6. The predicted molar refractivity (Wildman–Crippen MR) is 59.7 cm³/mol. The third-order valence-electron chi connectivity index (χ3n) is 2.44. The van der Waals surface area contributed by atoms with Crippen LogP contribution >= 0.6 is 0 Å². The van der Waals surface area contributed by atoms with Crippen molar-refractivity contribution in [1.82, 2.24) is 5.48 Å². The number of hydrogen-bond donors (Lipinski definition) is 3. The first-order valence-electron chi connectivity index (χ1n) is 5.17. The van der Waals surface area contributed by atoms with E-state index in [9.17, 15) is 9.59 Å². The molecule has 0 saturated carbocycles. The summed E-state index contributed by atoms with van der Waals surface area (Å²) in [6, 6.07) is 5.29. The van der Waals surface area contributed by atoms with E-state index in [0.29, 0.717) is 5.56 Å². The van der Waals surface area contributed by atoms with Crippen LogP contribution in [0.2, 0.25) is 0 Å². The zero-order chi connectivity index (χ0) is 12.3. The minimum Gasteiger partial charge on any atom is -0.479 e. The first-order chi connectivity index (χ1) is 8.16. The lowest BCUT2D eigenvalue weighted by Gasteiger charge is -2.06. The van der Waals surface area contributed by atoms with Crippen molar-refractivity contribution < 1.29 is 19.5 Å². The normalized spacial score (nSPS) is 12.7. The fourth-order valence-corrected chi connectivity index (χ4v) is 1.65. The van der Waals surface area contributed by atoms with Crippen LogP contribution in [0, 0.1) is 0 Å². The highest BCUT2D eigenvalue weighted by atomic mass is 16.7. The molecule has 90 valence electrons. The van der Waals surface area contributed by atoms with E-state index in [1.54, 1.807) is 12.1 Å². The molecule has 1 aromatic rings. The Morgan fingerprint density at radius 3 is 3.06 bits per heavy atom. The van der Waals surface area contributed by atoms with Gasteiger partial charge >= 0.3 is 5.97 Å². The van der Waals surface area contributed by atoms with E-state index < -0.39 is 18.5 Å². The van der Waals surface area contributed by atoms with Crippen molar-refractivity contribution in [3.63, 3.8) is 0 Å². The standard InChI is InChI=1S/C11H12N2O4/c14-10(15)6-17-13-11(16)8-2-1-7-3-4-12-9(7)5-8/h1-2,5,12H,3-4,6H2,(H,13,16)(H,14,15). The van der Waals surface area contributed by atoms with Gasteiger partial charge in [0, 0.05) is 17.8 Å². The third kappa shape index (κ3) is 2.73. The first kappa shape index (κ1) is 11.4. The number of nitrogens with one attached hydrogen (secondary N) is 2. The molecule has 0 spiro atoms. The molecule has 0 aliphatic carbocycles. The molecular formula is C11H12N2O4.